The molecule has 1 unspecified atom stereocenters. The van der Waals surface area contributed by atoms with Crippen LogP contribution in [0.25, 0.3) is 11.0 Å². The third-order valence-electron chi connectivity index (χ3n) is 4.72. The molecule has 7 heteroatoms. The number of fused-ring (bicyclic) bond motifs is 1. The molecule has 2 aromatic heterocycles. The van der Waals surface area contributed by atoms with Gasteiger partial charge in [0.05, 0.1) is 22.8 Å². The Morgan fingerprint density at radius 1 is 1.32 bits per heavy atom. The van der Waals surface area contributed by atoms with Gasteiger partial charge in [-0.05, 0) is 38.3 Å². The second kappa shape index (κ2) is 6.23. The molecule has 2 N–H and O–H groups in total. The van der Waals surface area contributed by atoms with Gasteiger partial charge in [0.1, 0.15) is 11.6 Å². The lowest BCUT2D eigenvalue weighted by molar-refractivity contribution is 0.160. The lowest BCUT2D eigenvalue weighted by Gasteiger charge is -2.34. The molecule has 1 aromatic carbocycles. The molecular formula is C18H22N6O. The maximum absolute atomic E-state index is 12.9. The highest BCUT2D eigenvalue weighted by Crippen LogP contribution is 2.31. The summed E-state index contributed by atoms with van der Waals surface area (Å²) < 4.78 is 1.69. The highest BCUT2D eigenvalue weighted by atomic mass is 16.2. The molecule has 1 aliphatic rings. The number of imidazole rings is 1. The van der Waals surface area contributed by atoms with Gasteiger partial charge in [0.2, 0.25) is 0 Å². The molecule has 1 atom stereocenters. The number of likely N-dealkylation sites (tertiary alicyclic amines) is 1. The van der Waals surface area contributed by atoms with Crippen LogP contribution in [0.15, 0.2) is 30.3 Å². The van der Waals surface area contributed by atoms with Crippen molar-refractivity contribution in [3.8, 4) is 0 Å². The Morgan fingerprint density at radius 3 is 2.92 bits per heavy atom. The van der Waals surface area contributed by atoms with Crippen LogP contribution >= 0.6 is 0 Å². The quantitative estimate of drug-likeness (QED) is 0.752. The zero-order chi connectivity index (χ0) is 17.4. The lowest BCUT2D eigenvalue weighted by atomic mass is 10.0. The highest BCUT2D eigenvalue weighted by Gasteiger charge is 2.30. The summed E-state index contributed by atoms with van der Waals surface area (Å²) in [6.45, 7) is 2.64. The zero-order valence-corrected chi connectivity index (χ0v) is 14.5. The normalized spacial score (nSPS) is 17.8. The Morgan fingerprint density at radius 2 is 2.16 bits per heavy atom. The minimum absolute atomic E-state index is 0.0320. The van der Waals surface area contributed by atoms with E-state index in [9.17, 15) is 4.79 Å². The van der Waals surface area contributed by atoms with E-state index in [0.29, 0.717) is 5.82 Å². The van der Waals surface area contributed by atoms with Gasteiger partial charge in [0.25, 0.3) is 0 Å². The monoisotopic (exact) mass is 338 g/mol. The van der Waals surface area contributed by atoms with E-state index in [2.05, 4.69) is 15.4 Å². The zero-order valence-electron chi connectivity index (χ0n) is 14.5. The van der Waals surface area contributed by atoms with Crippen molar-refractivity contribution in [3.63, 3.8) is 0 Å². The number of amides is 2. The van der Waals surface area contributed by atoms with E-state index in [0.717, 1.165) is 48.4 Å². The maximum atomic E-state index is 12.9. The van der Waals surface area contributed by atoms with E-state index < -0.39 is 0 Å². The second-order valence-corrected chi connectivity index (χ2v) is 6.57. The van der Waals surface area contributed by atoms with Crippen LogP contribution in [-0.4, -0.2) is 37.2 Å². The van der Waals surface area contributed by atoms with E-state index in [1.165, 1.54) is 0 Å². The van der Waals surface area contributed by atoms with Crippen molar-refractivity contribution < 1.29 is 4.79 Å². The molecular weight excluding hydrogens is 316 g/mol. The number of para-hydroxylation sites is 2. The number of aromatic nitrogens is 4. The molecule has 130 valence electrons. The van der Waals surface area contributed by atoms with Gasteiger partial charge in [-0.1, -0.05) is 12.1 Å². The fourth-order valence-corrected chi connectivity index (χ4v) is 3.50. The molecule has 25 heavy (non-hydrogen) atoms. The van der Waals surface area contributed by atoms with Gasteiger partial charge in [-0.3, -0.25) is 10.00 Å². The SMILES string of the molecule is Cc1cc(NC(=O)N2CCCCC2c2nc3ccccc3[nH]2)n(C)n1. The molecule has 7 nitrogen and oxygen atoms in total. The van der Waals surface area contributed by atoms with Crippen LogP contribution in [0.2, 0.25) is 0 Å². The summed E-state index contributed by atoms with van der Waals surface area (Å²) >= 11 is 0. The van der Waals surface area contributed by atoms with Crippen LogP contribution < -0.4 is 5.32 Å². The van der Waals surface area contributed by atoms with Crippen LogP contribution in [0.1, 0.15) is 36.8 Å². The van der Waals surface area contributed by atoms with Gasteiger partial charge in [0, 0.05) is 19.7 Å². The third kappa shape index (κ3) is 2.97. The van der Waals surface area contributed by atoms with Gasteiger partial charge in [-0.15, -0.1) is 0 Å². The Hall–Kier alpha value is -2.83. The second-order valence-electron chi connectivity index (χ2n) is 6.57. The van der Waals surface area contributed by atoms with E-state index in [1.807, 2.05) is 49.2 Å². The molecule has 0 saturated carbocycles. The third-order valence-corrected chi connectivity index (χ3v) is 4.72. The topological polar surface area (TPSA) is 78.8 Å². The molecule has 0 radical (unpaired) electrons. The van der Waals surface area contributed by atoms with Gasteiger partial charge >= 0.3 is 6.03 Å². The van der Waals surface area contributed by atoms with Gasteiger partial charge < -0.3 is 9.88 Å². The first kappa shape index (κ1) is 15.7. The van der Waals surface area contributed by atoms with E-state index >= 15 is 0 Å². The Balaban J connectivity index is 1.60. The number of carbonyl (C=O) groups is 1. The van der Waals surface area contributed by atoms with Crippen molar-refractivity contribution in [3.05, 3.63) is 41.9 Å². The number of aryl methyl sites for hydroxylation is 2. The van der Waals surface area contributed by atoms with E-state index in [-0.39, 0.29) is 12.1 Å². The number of anilines is 1. The smallest absolute Gasteiger partial charge is 0.323 e. The summed E-state index contributed by atoms with van der Waals surface area (Å²) in [5.74, 6) is 1.56. The fourth-order valence-electron chi connectivity index (χ4n) is 3.50. The predicted molar refractivity (Wildman–Crippen MR) is 96.4 cm³/mol. The number of nitrogens with zero attached hydrogens (tertiary/aromatic N) is 4. The molecule has 3 heterocycles. The van der Waals surface area contributed by atoms with Crippen LogP contribution in [0.4, 0.5) is 10.6 Å². The van der Waals surface area contributed by atoms with Crippen molar-refractivity contribution in [2.75, 3.05) is 11.9 Å². The number of benzene rings is 1. The van der Waals surface area contributed by atoms with E-state index in [1.54, 1.807) is 4.68 Å². The molecule has 0 spiro atoms. The minimum atomic E-state index is -0.104. The number of piperidine rings is 1. The number of hydrogen-bond acceptors (Lipinski definition) is 3. The standard InChI is InChI=1S/C18H22N6O/c1-12-11-16(23(2)22-12)21-18(25)24-10-6-5-9-15(24)17-19-13-7-3-4-8-14(13)20-17/h3-4,7-8,11,15H,5-6,9-10H2,1-2H3,(H,19,20)(H,21,25). The summed E-state index contributed by atoms with van der Waals surface area (Å²) in [6, 6.07) is 9.70. The van der Waals surface area contributed by atoms with Gasteiger partial charge in [-0.25, -0.2) is 9.78 Å². The van der Waals surface area contributed by atoms with Crippen LogP contribution in [0.3, 0.4) is 0 Å². The Bertz CT molecular complexity index is 878. The largest absolute Gasteiger partial charge is 0.340 e. The number of carbonyl (C=O) groups excluding carboxylic acids is 1. The number of urea groups is 1. The summed E-state index contributed by atoms with van der Waals surface area (Å²) in [7, 11) is 1.83. The van der Waals surface area contributed by atoms with Crippen LogP contribution in [0.5, 0.6) is 0 Å². The van der Waals surface area contributed by atoms with Crippen molar-refractivity contribution in [2.45, 2.75) is 32.2 Å². The number of hydrogen-bond donors (Lipinski definition) is 2. The molecule has 1 saturated heterocycles. The molecule has 0 aliphatic carbocycles. The average Bonchev–Trinajstić information content (AvgIpc) is 3.17. The minimum Gasteiger partial charge on any atom is -0.340 e. The number of aromatic amines is 1. The molecule has 0 bridgehead atoms. The van der Waals surface area contributed by atoms with Crippen LogP contribution in [0, 0.1) is 6.92 Å². The number of nitrogens with one attached hydrogen (secondary N) is 2. The first-order valence-corrected chi connectivity index (χ1v) is 8.65. The van der Waals surface area contributed by atoms with Crippen molar-refractivity contribution in [1.29, 1.82) is 0 Å². The highest BCUT2D eigenvalue weighted by molar-refractivity contribution is 5.89. The predicted octanol–water partition coefficient (Wildman–Crippen LogP) is 3.36. The van der Waals surface area contributed by atoms with Gasteiger partial charge in [0.15, 0.2) is 0 Å². The summed E-state index contributed by atoms with van der Waals surface area (Å²) in [5.41, 5.74) is 2.82. The molecule has 4 rings (SSSR count). The summed E-state index contributed by atoms with van der Waals surface area (Å²) in [5, 5.41) is 7.26. The Kier molecular flexibility index (Phi) is 3.91. The molecule has 1 fully saturated rings. The van der Waals surface area contributed by atoms with Gasteiger partial charge in [-0.2, -0.15) is 5.10 Å². The van der Waals surface area contributed by atoms with Crippen molar-refractivity contribution >= 4 is 22.9 Å². The number of rotatable bonds is 2. The molecule has 3 aromatic rings. The molecule has 2 amide bonds. The van der Waals surface area contributed by atoms with Crippen molar-refractivity contribution in [2.24, 2.45) is 7.05 Å². The Labute approximate surface area is 146 Å². The van der Waals surface area contributed by atoms with E-state index in [4.69, 9.17) is 4.98 Å². The first-order valence-electron chi connectivity index (χ1n) is 8.65. The fraction of sp³-hybridized carbons (Fsp3) is 0.389. The average molecular weight is 338 g/mol. The molecule has 1 aliphatic heterocycles. The van der Waals surface area contributed by atoms with Crippen LogP contribution in [-0.2, 0) is 7.05 Å². The maximum Gasteiger partial charge on any atom is 0.323 e. The summed E-state index contributed by atoms with van der Waals surface area (Å²) in [4.78, 5) is 22.8. The first-order chi connectivity index (χ1) is 12.1. The van der Waals surface area contributed by atoms with Crippen molar-refractivity contribution in [1.82, 2.24) is 24.6 Å². The summed E-state index contributed by atoms with van der Waals surface area (Å²) in [6.07, 6.45) is 3.02. The lowest BCUT2D eigenvalue weighted by Crippen LogP contribution is -2.41. The number of H-pyrrole nitrogens is 1.